The largest absolute Gasteiger partial charge is 0.550 e. The summed E-state index contributed by atoms with van der Waals surface area (Å²) in [4.78, 5) is 8.89. The van der Waals surface area contributed by atoms with Crippen molar-refractivity contribution in [1.82, 2.24) is 0 Å². The molecule has 0 spiro atoms. The molecule has 4 rings (SSSR count). The third-order valence-corrected chi connectivity index (χ3v) is 10.1. The number of carbonyl (C=O) groups excluding carboxylic acids is 1. The molecular weight excluding hydrogens is 351 g/mol. The monoisotopic (exact) mass is 376 g/mol. The van der Waals surface area contributed by atoms with E-state index in [1.807, 2.05) is 0 Å². The highest BCUT2D eigenvalue weighted by atomic mass is 31.2. The summed E-state index contributed by atoms with van der Waals surface area (Å²) in [5, 5.41) is 13.5. The number of carboxylic acid groups (broad SMARTS) is 1. The minimum atomic E-state index is -1.56. The normalized spacial score (nSPS) is 13.8. The van der Waals surface area contributed by atoms with Gasteiger partial charge < -0.3 is 9.90 Å². The van der Waals surface area contributed by atoms with Crippen molar-refractivity contribution < 1.29 is 9.90 Å². The average molecular weight is 376 g/mol. The van der Waals surface area contributed by atoms with E-state index in [9.17, 15) is 0 Å². The van der Waals surface area contributed by atoms with Crippen LogP contribution >= 0.6 is 7.26 Å². The molecule has 27 heavy (non-hydrogen) atoms. The Labute approximate surface area is 162 Å². The number of carboxylic acids is 1. The van der Waals surface area contributed by atoms with Crippen molar-refractivity contribution in [2.45, 2.75) is 31.8 Å². The first-order valence-electron chi connectivity index (χ1n) is 9.39. The third-order valence-electron chi connectivity index (χ3n) is 5.11. The van der Waals surface area contributed by atoms with Gasteiger partial charge in [0.25, 0.3) is 0 Å². The summed E-state index contributed by atoms with van der Waals surface area (Å²) < 4.78 is 0. The molecule has 0 bridgehead atoms. The molecular formula is C24H25O2P. The fraction of sp³-hybridized carbons (Fsp3) is 0.208. The number of hydrogen-bond donors (Lipinski definition) is 0. The van der Waals surface area contributed by atoms with Crippen LogP contribution in [0.15, 0.2) is 91.0 Å². The highest BCUT2D eigenvalue weighted by Gasteiger charge is 2.54. The number of hydrogen-bond acceptors (Lipinski definition) is 2. The SMILES string of the molecule is CC(=O)[O-].c1ccc([P+](c2ccccc2)(c2ccccc2)C2CCC2)cc1. The molecule has 3 heteroatoms. The van der Waals surface area contributed by atoms with Crippen LogP contribution in [0.1, 0.15) is 26.2 Å². The van der Waals surface area contributed by atoms with Crippen LogP contribution in [0.4, 0.5) is 0 Å². The van der Waals surface area contributed by atoms with E-state index in [0.717, 1.165) is 12.6 Å². The van der Waals surface area contributed by atoms with Gasteiger partial charge in [0.05, 0.1) is 5.66 Å². The minimum absolute atomic E-state index is 0.787. The molecule has 0 aromatic heterocycles. The second kappa shape index (κ2) is 8.97. The van der Waals surface area contributed by atoms with Gasteiger partial charge in [-0.2, -0.15) is 0 Å². The van der Waals surface area contributed by atoms with Crippen molar-refractivity contribution in [3.8, 4) is 0 Å². The molecule has 1 saturated carbocycles. The molecule has 0 amide bonds. The summed E-state index contributed by atoms with van der Waals surface area (Å²) >= 11 is 0. The zero-order chi connectivity index (χ0) is 19.1. The second-order valence-electron chi connectivity index (χ2n) is 6.81. The van der Waals surface area contributed by atoms with Gasteiger partial charge in [0, 0.05) is 5.97 Å². The molecule has 1 aliphatic rings. The van der Waals surface area contributed by atoms with E-state index in [1.54, 1.807) is 0 Å². The van der Waals surface area contributed by atoms with Crippen LogP contribution in [0.25, 0.3) is 0 Å². The van der Waals surface area contributed by atoms with Crippen LogP contribution in [-0.4, -0.2) is 11.6 Å². The Hall–Kier alpha value is -2.44. The fourth-order valence-electron chi connectivity index (χ4n) is 3.84. The molecule has 2 nitrogen and oxygen atoms in total. The first-order chi connectivity index (χ1) is 13.2. The predicted molar refractivity (Wildman–Crippen MR) is 113 cm³/mol. The molecule has 0 radical (unpaired) electrons. The molecule has 1 aliphatic carbocycles. The summed E-state index contributed by atoms with van der Waals surface area (Å²) in [6, 6.07) is 33.7. The standard InChI is InChI=1S/C22H22P.C2H4O2/c1-4-11-19(12-5-1)23(22-17-10-18-22,20-13-6-2-7-14-20)21-15-8-3-9-16-21;1-2(3)4/h1-9,11-16,22H,10,17-18H2;1H3,(H,3,4)/q+1;/p-1. The quantitative estimate of drug-likeness (QED) is 0.656. The van der Waals surface area contributed by atoms with E-state index in [4.69, 9.17) is 9.90 Å². The van der Waals surface area contributed by atoms with Gasteiger partial charge in [0.2, 0.25) is 0 Å². The first-order valence-corrected chi connectivity index (χ1v) is 11.2. The lowest BCUT2D eigenvalue weighted by Crippen LogP contribution is -2.41. The van der Waals surface area contributed by atoms with Gasteiger partial charge in [0.15, 0.2) is 0 Å². The summed E-state index contributed by atoms with van der Waals surface area (Å²) in [6.07, 6.45) is 4.08. The first kappa shape index (κ1) is 19.3. The maximum Gasteiger partial charge on any atom is 0.115 e. The Bertz CT molecular complexity index is 743. The van der Waals surface area contributed by atoms with Crippen molar-refractivity contribution in [2.24, 2.45) is 0 Å². The van der Waals surface area contributed by atoms with Crippen molar-refractivity contribution >= 4 is 29.1 Å². The smallest absolute Gasteiger partial charge is 0.115 e. The van der Waals surface area contributed by atoms with Crippen LogP contribution in [0.3, 0.4) is 0 Å². The Kier molecular flexibility index (Phi) is 6.42. The lowest BCUT2D eigenvalue weighted by Gasteiger charge is -2.39. The molecule has 3 aromatic carbocycles. The van der Waals surface area contributed by atoms with Crippen LogP contribution in [0, 0.1) is 0 Å². The molecule has 0 unspecified atom stereocenters. The molecule has 0 saturated heterocycles. The van der Waals surface area contributed by atoms with Crippen LogP contribution in [0.2, 0.25) is 0 Å². The van der Waals surface area contributed by atoms with Gasteiger partial charge in [-0.25, -0.2) is 0 Å². The molecule has 1 fully saturated rings. The zero-order valence-corrected chi connectivity index (χ0v) is 16.5. The maximum atomic E-state index is 8.89. The van der Waals surface area contributed by atoms with E-state index in [-0.39, 0.29) is 0 Å². The van der Waals surface area contributed by atoms with Gasteiger partial charge >= 0.3 is 0 Å². The van der Waals surface area contributed by atoms with E-state index < -0.39 is 13.2 Å². The second-order valence-corrected chi connectivity index (χ2v) is 10.5. The van der Waals surface area contributed by atoms with Crippen LogP contribution in [-0.2, 0) is 4.79 Å². The maximum absolute atomic E-state index is 8.89. The van der Waals surface area contributed by atoms with Gasteiger partial charge in [-0.3, -0.25) is 0 Å². The summed E-state index contributed by atoms with van der Waals surface area (Å²) in [6.45, 7) is 0.972. The lowest BCUT2D eigenvalue weighted by atomic mass is 10.00. The van der Waals surface area contributed by atoms with Crippen molar-refractivity contribution in [2.75, 3.05) is 0 Å². The van der Waals surface area contributed by atoms with Crippen molar-refractivity contribution in [3.05, 3.63) is 91.0 Å². The van der Waals surface area contributed by atoms with Crippen LogP contribution < -0.4 is 21.0 Å². The van der Waals surface area contributed by atoms with Gasteiger partial charge in [-0.05, 0) is 62.6 Å². The van der Waals surface area contributed by atoms with Gasteiger partial charge in [-0.15, -0.1) is 0 Å². The number of rotatable bonds is 4. The van der Waals surface area contributed by atoms with Crippen molar-refractivity contribution in [3.63, 3.8) is 0 Å². The zero-order valence-electron chi connectivity index (χ0n) is 15.6. The number of carbonyl (C=O) groups is 1. The van der Waals surface area contributed by atoms with E-state index in [1.165, 1.54) is 35.2 Å². The molecule has 0 N–H and O–H groups in total. The third kappa shape index (κ3) is 4.12. The molecule has 138 valence electrons. The highest BCUT2D eigenvalue weighted by molar-refractivity contribution is 7.96. The van der Waals surface area contributed by atoms with E-state index >= 15 is 0 Å². The lowest BCUT2D eigenvalue weighted by molar-refractivity contribution is -0.302. The Balaban J connectivity index is 0.000000481. The van der Waals surface area contributed by atoms with E-state index in [2.05, 4.69) is 91.0 Å². The van der Waals surface area contributed by atoms with E-state index in [0.29, 0.717) is 0 Å². The van der Waals surface area contributed by atoms with Crippen LogP contribution in [0.5, 0.6) is 0 Å². The summed E-state index contributed by atoms with van der Waals surface area (Å²) in [5.74, 6) is -1.08. The molecule has 0 heterocycles. The molecule has 0 aliphatic heterocycles. The Morgan fingerprint density at radius 3 is 1.26 bits per heavy atom. The molecule has 3 aromatic rings. The van der Waals surface area contributed by atoms with Gasteiger partial charge in [-0.1, -0.05) is 54.6 Å². The topological polar surface area (TPSA) is 40.1 Å². The number of benzene rings is 3. The molecule has 0 atom stereocenters. The minimum Gasteiger partial charge on any atom is -0.550 e. The fourth-order valence-corrected chi connectivity index (χ4v) is 9.07. The van der Waals surface area contributed by atoms with Crippen molar-refractivity contribution in [1.29, 1.82) is 0 Å². The Morgan fingerprint density at radius 2 is 1.04 bits per heavy atom. The van der Waals surface area contributed by atoms with Gasteiger partial charge in [0.1, 0.15) is 23.2 Å². The average Bonchev–Trinajstić information content (AvgIpc) is 2.66. The summed E-state index contributed by atoms with van der Waals surface area (Å²) in [5.41, 5.74) is 0.787. The number of aliphatic carboxylic acids is 1. The Morgan fingerprint density at radius 1 is 0.741 bits per heavy atom. The summed E-state index contributed by atoms with van der Waals surface area (Å²) in [7, 11) is -1.56. The predicted octanol–water partition coefficient (Wildman–Crippen LogP) is 3.29. The highest BCUT2D eigenvalue weighted by Crippen LogP contribution is 2.65.